The Kier molecular flexibility index (Phi) is 1.21. The second-order valence-corrected chi connectivity index (χ2v) is 3.02. The third kappa shape index (κ3) is 0.809. The summed E-state index contributed by atoms with van der Waals surface area (Å²) >= 11 is 1.41. The monoisotopic (exact) mass is 146 g/mol. The van der Waals surface area contributed by atoms with Crippen LogP contribution in [0.5, 0.6) is 0 Å². The van der Waals surface area contributed by atoms with E-state index in [-0.39, 0.29) is 0 Å². The van der Waals surface area contributed by atoms with Gasteiger partial charge < -0.3 is 0 Å². The van der Waals surface area contributed by atoms with Crippen LogP contribution in [0.3, 0.4) is 0 Å². The maximum atomic E-state index is 7.23. The van der Waals surface area contributed by atoms with Crippen molar-refractivity contribution < 1.29 is 0 Å². The second kappa shape index (κ2) is 2.06. The third-order valence-corrected chi connectivity index (χ3v) is 2.14. The number of fused-ring (bicyclic) bond motifs is 1. The molecule has 3 radical (unpaired) electrons. The Morgan fingerprint density at radius 2 is 2.10 bits per heavy atom. The van der Waals surface area contributed by atoms with Crippen molar-refractivity contribution in [1.29, 1.82) is 0 Å². The van der Waals surface area contributed by atoms with Crippen LogP contribution in [-0.2, 0) is 0 Å². The number of hydrogen-bond donors (Lipinski definition) is 0. The van der Waals surface area contributed by atoms with Crippen molar-refractivity contribution >= 4 is 21.6 Å². The van der Waals surface area contributed by atoms with Crippen molar-refractivity contribution in [3.05, 3.63) is 36.2 Å². The molecule has 0 saturated heterocycles. The summed E-state index contributed by atoms with van der Waals surface area (Å²) < 4.78 is 1.09. The molecular formula is C8H4NS. The molecule has 2 aromatic rings. The lowest BCUT2D eigenvalue weighted by Crippen LogP contribution is -1.65. The molecule has 1 aromatic carbocycles. The highest BCUT2D eigenvalue weighted by molar-refractivity contribution is 7.18. The Balaban J connectivity index is 2.88. The number of rotatable bonds is 0. The number of aromatic nitrogens is 1. The van der Waals surface area contributed by atoms with Gasteiger partial charge in [0.2, 0.25) is 0 Å². The summed E-state index contributed by atoms with van der Waals surface area (Å²) in [6, 6.07) is 7.79. The molecule has 0 atom stereocenters. The van der Waals surface area contributed by atoms with Gasteiger partial charge in [-0.25, -0.2) is 4.98 Å². The first-order valence-corrected chi connectivity index (χ1v) is 3.75. The van der Waals surface area contributed by atoms with Crippen molar-refractivity contribution in [3.8, 4) is 0 Å². The van der Waals surface area contributed by atoms with Crippen LogP contribution in [0, 0.1) is 6.92 Å². The van der Waals surface area contributed by atoms with Gasteiger partial charge in [-0.2, -0.15) is 0 Å². The Morgan fingerprint density at radius 3 is 2.90 bits per heavy atom. The van der Waals surface area contributed by atoms with Crippen LogP contribution in [0.2, 0.25) is 0 Å². The first-order chi connectivity index (χ1) is 4.86. The maximum Gasteiger partial charge on any atom is 0.103 e. The molecular weight excluding hydrogens is 142 g/mol. The Morgan fingerprint density at radius 1 is 1.30 bits per heavy atom. The zero-order valence-corrected chi connectivity index (χ0v) is 5.98. The number of benzene rings is 1. The highest BCUT2D eigenvalue weighted by atomic mass is 32.1. The zero-order chi connectivity index (χ0) is 6.97. The van der Waals surface area contributed by atoms with Crippen LogP contribution in [0.25, 0.3) is 10.2 Å². The van der Waals surface area contributed by atoms with Crippen LogP contribution in [-0.4, -0.2) is 4.98 Å². The molecule has 0 amide bonds. The van der Waals surface area contributed by atoms with Crippen molar-refractivity contribution in [2.24, 2.45) is 0 Å². The third-order valence-electron chi connectivity index (χ3n) is 1.29. The van der Waals surface area contributed by atoms with E-state index in [0.717, 1.165) is 10.2 Å². The minimum atomic E-state index is 0.390. The van der Waals surface area contributed by atoms with Gasteiger partial charge >= 0.3 is 0 Å². The average molecular weight is 146 g/mol. The number of nitrogens with zero attached hydrogens (tertiary/aromatic N) is 1. The number of thiazole rings is 1. The molecule has 2 rings (SSSR count). The molecule has 0 aliphatic heterocycles. The SMILES string of the molecule is [C]c1nc2ccccc2s1. The first kappa shape index (κ1) is 5.86. The van der Waals surface area contributed by atoms with E-state index in [1.54, 1.807) is 0 Å². The van der Waals surface area contributed by atoms with Crippen LogP contribution in [0.15, 0.2) is 24.3 Å². The standard InChI is InChI=1S/C8H4NS/c1-6-9-7-4-2-3-5-8(7)10-6/h2-5H. The van der Waals surface area contributed by atoms with Gasteiger partial charge in [-0.1, -0.05) is 12.1 Å². The molecule has 47 valence electrons. The van der Waals surface area contributed by atoms with Crippen molar-refractivity contribution in [2.45, 2.75) is 0 Å². The van der Waals surface area contributed by atoms with Gasteiger partial charge in [0.15, 0.2) is 0 Å². The lowest BCUT2D eigenvalue weighted by atomic mass is 10.3. The van der Waals surface area contributed by atoms with Crippen molar-refractivity contribution in [2.75, 3.05) is 0 Å². The molecule has 2 heteroatoms. The smallest absolute Gasteiger partial charge is 0.103 e. The van der Waals surface area contributed by atoms with E-state index < -0.39 is 0 Å². The highest BCUT2D eigenvalue weighted by Crippen LogP contribution is 2.19. The molecule has 0 unspecified atom stereocenters. The van der Waals surface area contributed by atoms with Crippen LogP contribution >= 0.6 is 11.3 Å². The summed E-state index contributed by atoms with van der Waals surface area (Å²) in [4.78, 5) is 4.00. The van der Waals surface area contributed by atoms with E-state index in [1.807, 2.05) is 24.3 Å². The van der Waals surface area contributed by atoms with Crippen LogP contribution < -0.4 is 0 Å². The van der Waals surface area contributed by atoms with Crippen LogP contribution in [0.4, 0.5) is 0 Å². The normalized spacial score (nSPS) is 10.5. The van der Waals surface area contributed by atoms with Gasteiger partial charge in [-0.05, 0) is 12.1 Å². The van der Waals surface area contributed by atoms with Crippen molar-refractivity contribution in [1.82, 2.24) is 4.98 Å². The van der Waals surface area contributed by atoms with Gasteiger partial charge in [0.05, 0.1) is 17.1 Å². The lowest BCUT2D eigenvalue weighted by Gasteiger charge is -1.80. The minimum Gasteiger partial charge on any atom is -0.240 e. The largest absolute Gasteiger partial charge is 0.240 e. The lowest BCUT2D eigenvalue weighted by molar-refractivity contribution is 1.43. The average Bonchev–Trinajstić information content (AvgIpc) is 2.27. The summed E-state index contributed by atoms with van der Waals surface area (Å²) in [5, 5.41) is 0.390. The summed E-state index contributed by atoms with van der Waals surface area (Å²) in [5.41, 5.74) is 0.928. The fraction of sp³-hybridized carbons (Fsp3) is 0. The molecule has 1 nitrogen and oxygen atoms in total. The summed E-state index contributed by atoms with van der Waals surface area (Å²) in [6.45, 7) is 7.23. The summed E-state index contributed by atoms with van der Waals surface area (Å²) in [6.07, 6.45) is 0. The molecule has 0 fully saturated rings. The predicted octanol–water partition coefficient (Wildman–Crippen LogP) is 2.23. The number of hydrogen-bond acceptors (Lipinski definition) is 2. The van der Waals surface area contributed by atoms with Crippen LogP contribution in [0.1, 0.15) is 5.01 Å². The zero-order valence-electron chi connectivity index (χ0n) is 5.16. The molecule has 0 aliphatic rings. The molecule has 1 aromatic heterocycles. The first-order valence-electron chi connectivity index (χ1n) is 2.93. The van der Waals surface area contributed by atoms with E-state index >= 15 is 0 Å². The van der Waals surface area contributed by atoms with E-state index in [4.69, 9.17) is 6.92 Å². The van der Waals surface area contributed by atoms with E-state index in [1.165, 1.54) is 11.3 Å². The Labute approximate surface area is 63.3 Å². The summed E-state index contributed by atoms with van der Waals surface area (Å²) in [5.74, 6) is 0. The maximum absolute atomic E-state index is 7.23. The van der Waals surface area contributed by atoms with Gasteiger partial charge in [0.1, 0.15) is 5.01 Å². The summed E-state index contributed by atoms with van der Waals surface area (Å²) in [7, 11) is 0. The van der Waals surface area contributed by atoms with E-state index in [9.17, 15) is 0 Å². The fourth-order valence-electron chi connectivity index (χ4n) is 0.872. The van der Waals surface area contributed by atoms with Gasteiger partial charge in [0.25, 0.3) is 0 Å². The van der Waals surface area contributed by atoms with E-state index in [0.29, 0.717) is 5.01 Å². The molecule has 0 saturated carbocycles. The fourth-order valence-corrected chi connectivity index (χ4v) is 1.59. The Bertz CT molecular complexity index is 318. The van der Waals surface area contributed by atoms with Gasteiger partial charge in [-0.3, -0.25) is 0 Å². The minimum absolute atomic E-state index is 0.390. The Hall–Kier alpha value is -0.890. The van der Waals surface area contributed by atoms with Gasteiger partial charge in [-0.15, -0.1) is 11.3 Å². The van der Waals surface area contributed by atoms with Gasteiger partial charge in [0, 0.05) is 0 Å². The molecule has 1 heterocycles. The van der Waals surface area contributed by atoms with Crippen molar-refractivity contribution in [3.63, 3.8) is 0 Å². The molecule has 0 bridgehead atoms. The topological polar surface area (TPSA) is 12.9 Å². The molecule has 10 heavy (non-hydrogen) atoms. The highest BCUT2D eigenvalue weighted by Gasteiger charge is 1.96. The second-order valence-electron chi connectivity index (χ2n) is 1.99. The molecule has 0 aliphatic carbocycles. The molecule has 0 N–H and O–H groups in total. The quantitative estimate of drug-likeness (QED) is 0.555. The molecule has 0 spiro atoms. The number of para-hydroxylation sites is 1. The predicted molar refractivity (Wildman–Crippen MR) is 42.0 cm³/mol. The van der Waals surface area contributed by atoms with E-state index in [2.05, 4.69) is 4.98 Å².